The van der Waals surface area contributed by atoms with Crippen LogP contribution < -0.4 is 0 Å². The molecule has 1 atom stereocenters. The number of piperazine rings is 1. The fraction of sp³-hybridized carbons (Fsp3) is 1.00. The van der Waals surface area contributed by atoms with Crippen LogP contribution in [0.25, 0.3) is 0 Å². The molecule has 0 bridgehead atoms. The van der Waals surface area contributed by atoms with Gasteiger partial charge in [-0.1, -0.05) is 20.8 Å². The van der Waals surface area contributed by atoms with Gasteiger partial charge >= 0.3 is 0 Å². The van der Waals surface area contributed by atoms with Gasteiger partial charge in [-0.2, -0.15) is 0 Å². The number of rotatable bonds is 4. The summed E-state index contributed by atoms with van der Waals surface area (Å²) < 4.78 is 0. The molecular weight excluding hydrogens is 200 g/mol. The number of nitrogens with zero attached hydrogens (tertiary/aromatic N) is 2. The molecule has 0 aromatic heterocycles. The lowest BCUT2D eigenvalue weighted by Gasteiger charge is -2.36. The molecule has 1 N–H and O–H groups in total. The van der Waals surface area contributed by atoms with Crippen LogP contribution >= 0.6 is 0 Å². The second kappa shape index (κ2) is 5.99. The number of β-amino-alcohol motifs (C(OH)–C–C–N with tert-alkyl or cyclic N) is 1. The van der Waals surface area contributed by atoms with Gasteiger partial charge in [0.05, 0.1) is 6.10 Å². The Bertz CT molecular complexity index is 191. The maximum Gasteiger partial charge on any atom is 0.0639 e. The SMILES string of the molecule is CC(O)CN1CCN(CCC(C)(C)C)CC1. The van der Waals surface area contributed by atoms with Gasteiger partial charge in [0, 0.05) is 32.7 Å². The van der Waals surface area contributed by atoms with Gasteiger partial charge in [0.15, 0.2) is 0 Å². The summed E-state index contributed by atoms with van der Waals surface area (Å²) in [5.74, 6) is 0. The normalized spacial score (nSPS) is 22.3. The zero-order valence-corrected chi connectivity index (χ0v) is 11.4. The van der Waals surface area contributed by atoms with E-state index in [4.69, 9.17) is 0 Å². The van der Waals surface area contributed by atoms with E-state index < -0.39 is 0 Å². The summed E-state index contributed by atoms with van der Waals surface area (Å²) in [5.41, 5.74) is 0.441. The van der Waals surface area contributed by atoms with Gasteiger partial charge in [-0.15, -0.1) is 0 Å². The molecule has 16 heavy (non-hydrogen) atoms. The highest BCUT2D eigenvalue weighted by Crippen LogP contribution is 2.19. The summed E-state index contributed by atoms with van der Waals surface area (Å²) in [6.45, 7) is 15.3. The maximum absolute atomic E-state index is 9.33. The van der Waals surface area contributed by atoms with E-state index >= 15 is 0 Å². The first-order valence-electron chi connectivity index (χ1n) is 6.49. The summed E-state index contributed by atoms with van der Waals surface area (Å²) in [6, 6.07) is 0. The van der Waals surface area contributed by atoms with E-state index in [-0.39, 0.29) is 6.10 Å². The highest BCUT2D eigenvalue weighted by Gasteiger charge is 2.19. The molecule has 3 heteroatoms. The minimum absolute atomic E-state index is 0.193. The Kier molecular flexibility index (Phi) is 5.22. The van der Waals surface area contributed by atoms with Crippen LogP contribution in [0, 0.1) is 5.41 Å². The summed E-state index contributed by atoms with van der Waals surface area (Å²) in [6.07, 6.45) is 1.07. The Balaban J connectivity index is 2.17. The fourth-order valence-electron chi connectivity index (χ4n) is 2.06. The van der Waals surface area contributed by atoms with Gasteiger partial charge < -0.3 is 10.0 Å². The molecule has 1 aliphatic heterocycles. The van der Waals surface area contributed by atoms with Crippen molar-refractivity contribution in [3.63, 3.8) is 0 Å². The zero-order chi connectivity index (χ0) is 12.2. The van der Waals surface area contributed by atoms with Crippen molar-refractivity contribution < 1.29 is 5.11 Å². The minimum Gasteiger partial charge on any atom is -0.392 e. The Hall–Kier alpha value is -0.120. The molecule has 0 aromatic carbocycles. The third-order valence-electron chi connectivity index (χ3n) is 3.17. The first-order chi connectivity index (χ1) is 7.37. The van der Waals surface area contributed by atoms with Gasteiger partial charge in [0.1, 0.15) is 0 Å². The van der Waals surface area contributed by atoms with E-state index in [1.807, 2.05) is 6.92 Å². The molecule has 0 amide bonds. The zero-order valence-electron chi connectivity index (χ0n) is 11.4. The molecule has 0 aliphatic carbocycles. The first-order valence-corrected chi connectivity index (χ1v) is 6.49. The lowest BCUT2D eigenvalue weighted by Crippen LogP contribution is -2.48. The third kappa shape index (κ3) is 5.83. The number of aliphatic hydroxyl groups is 1. The lowest BCUT2D eigenvalue weighted by molar-refractivity contribution is 0.0765. The largest absolute Gasteiger partial charge is 0.392 e. The predicted octanol–water partition coefficient (Wildman–Crippen LogP) is 1.42. The summed E-state index contributed by atoms with van der Waals surface area (Å²) in [4.78, 5) is 4.90. The molecule has 1 saturated heterocycles. The van der Waals surface area contributed by atoms with Gasteiger partial charge in [-0.3, -0.25) is 4.90 Å². The van der Waals surface area contributed by atoms with Crippen molar-refractivity contribution in [2.24, 2.45) is 5.41 Å². The van der Waals surface area contributed by atoms with E-state index in [1.54, 1.807) is 0 Å². The van der Waals surface area contributed by atoms with Crippen LogP contribution in [0.15, 0.2) is 0 Å². The number of hydrogen-bond donors (Lipinski definition) is 1. The molecule has 0 spiro atoms. The second-order valence-corrected chi connectivity index (χ2v) is 6.30. The van der Waals surface area contributed by atoms with E-state index in [2.05, 4.69) is 30.6 Å². The average Bonchev–Trinajstić information content (AvgIpc) is 2.14. The lowest BCUT2D eigenvalue weighted by atomic mass is 9.92. The highest BCUT2D eigenvalue weighted by atomic mass is 16.3. The molecule has 3 nitrogen and oxygen atoms in total. The minimum atomic E-state index is -0.193. The Labute approximate surface area is 100 Å². The number of aliphatic hydroxyl groups excluding tert-OH is 1. The second-order valence-electron chi connectivity index (χ2n) is 6.30. The van der Waals surface area contributed by atoms with Crippen molar-refractivity contribution in [3.05, 3.63) is 0 Å². The third-order valence-corrected chi connectivity index (χ3v) is 3.17. The van der Waals surface area contributed by atoms with Crippen LogP contribution in [-0.2, 0) is 0 Å². The van der Waals surface area contributed by atoms with Crippen molar-refractivity contribution in [3.8, 4) is 0 Å². The van der Waals surface area contributed by atoms with Crippen molar-refractivity contribution in [2.45, 2.75) is 40.2 Å². The van der Waals surface area contributed by atoms with Crippen LogP contribution in [0.1, 0.15) is 34.1 Å². The summed E-state index contributed by atoms with van der Waals surface area (Å²) in [5, 5.41) is 9.33. The van der Waals surface area contributed by atoms with Crippen molar-refractivity contribution in [1.29, 1.82) is 0 Å². The molecule has 1 fully saturated rings. The standard InChI is InChI=1S/C13H28N2O/c1-12(16)11-15-9-7-14(8-10-15)6-5-13(2,3)4/h12,16H,5-11H2,1-4H3. The fourth-order valence-corrected chi connectivity index (χ4v) is 2.06. The predicted molar refractivity (Wildman–Crippen MR) is 68.6 cm³/mol. The molecule has 0 aromatic rings. The smallest absolute Gasteiger partial charge is 0.0639 e. The highest BCUT2D eigenvalue weighted by molar-refractivity contribution is 4.74. The van der Waals surface area contributed by atoms with Gasteiger partial charge in [0.2, 0.25) is 0 Å². The number of hydrogen-bond acceptors (Lipinski definition) is 3. The van der Waals surface area contributed by atoms with Crippen LogP contribution in [0.4, 0.5) is 0 Å². The van der Waals surface area contributed by atoms with Gasteiger partial charge in [-0.25, -0.2) is 0 Å². The van der Waals surface area contributed by atoms with Crippen LogP contribution in [0.3, 0.4) is 0 Å². The summed E-state index contributed by atoms with van der Waals surface area (Å²) >= 11 is 0. The Morgan fingerprint density at radius 2 is 1.56 bits per heavy atom. The molecule has 1 unspecified atom stereocenters. The molecule has 1 aliphatic rings. The quantitative estimate of drug-likeness (QED) is 0.788. The molecule has 1 rings (SSSR count). The topological polar surface area (TPSA) is 26.7 Å². The van der Waals surface area contributed by atoms with E-state index in [1.165, 1.54) is 13.0 Å². The summed E-state index contributed by atoms with van der Waals surface area (Å²) in [7, 11) is 0. The first kappa shape index (κ1) is 13.9. The van der Waals surface area contributed by atoms with Crippen molar-refractivity contribution in [1.82, 2.24) is 9.80 Å². The Morgan fingerprint density at radius 3 is 2.00 bits per heavy atom. The molecule has 0 saturated carbocycles. The van der Waals surface area contributed by atoms with E-state index in [9.17, 15) is 5.11 Å². The van der Waals surface area contributed by atoms with E-state index in [0.717, 1.165) is 32.7 Å². The average molecular weight is 228 g/mol. The van der Waals surface area contributed by atoms with Crippen molar-refractivity contribution >= 4 is 0 Å². The van der Waals surface area contributed by atoms with Crippen molar-refractivity contribution in [2.75, 3.05) is 39.3 Å². The van der Waals surface area contributed by atoms with Crippen LogP contribution in [0.5, 0.6) is 0 Å². The van der Waals surface area contributed by atoms with Crippen LogP contribution in [-0.4, -0.2) is 60.3 Å². The molecule has 96 valence electrons. The molecular formula is C13H28N2O. The maximum atomic E-state index is 9.33. The monoisotopic (exact) mass is 228 g/mol. The van der Waals surface area contributed by atoms with Gasteiger partial charge in [0.25, 0.3) is 0 Å². The molecule has 1 heterocycles. The van der Waals surface area contributed by atoms with E-state index in [0.29, 0.717) is 5.41 Å². The Morgan fingerprint density at radius 1 is 1.06 bits per heavy atom. The van der Waals surface area contributed by atoms with Gasteiger partial charge in [-0.05, 0) is 25.3 Å². The van der Waals surface area contributed by atoms with Crippen LogP contribution in [0.2, 0.25) is 0 Å². The molecule has 0 radical (unpaired) electrons.